The van der Waals surface area contributed by atoms with E-state index in [0.29, 0.717) is 6.61 Å². The van der Waals surface area contributed by atoms with E-state index in [4.69, 9.17) is 13.6 Å². The Morgan fingerprint density at radius 2 is 1.08 bits per heavy atom. The summed E-state index contributed by atoms with van der Waals surface area (Å²) in [7, 11) is -1.52. The molecule has 0 amide bonds. The minimum absolute atomic E-state index is 0.204. The minimum atomic E-state index is -1.52. The molecule has 212 valence electrons. The molecule has 0 N–H and O–H groups in total. The number of fused-ring (bicyclic) bond motifs is 2. The largest absolute Gasteiger partial charge is 0.463 e. The van der Waals surface area contributed by atoms with Crippen LogP contribution in [0.1, 0.15) is 145 Å². The first-order chi connectivity index (χ1) is 18.6. The average Bonchev–Trinajstić information content (AvgIpc) is 2.90. The van der Waals surface area contributed by atoms with E-state index in [1.165, 1.54) is 65.5 Å². The second kappa shape index (κ2) is 16.5. The molecular formula is C34H53O3P. The van der Waals surface area contributed by atoms with E-state index in [2.05, 4.69) is 65.8 Å². The van der Waals surface area contributed by atoms with Crippen molar-refractivity contribution in [3.8, 4) is 11.5 Å². The van der Waals surface area contributed by atoms with Crippen molar-refractivity contribution in [2.24, 2.45) is 0 Å². The van der Waals surface area contributed by atoms with E-state index >= 15 is 0 Å². The van der Waals surface area contributed by atoms with Gasteiger partial charge >= 0.3 is 8.60 Å². The maximum atomic E-state index is 6.76. The average molecular weight is 541 g/mol. The smallest absolute Gasteiger partial charge is 0.417 e. The van der Waals surface area contributed by atoms with Gasteiger partial charge < -0.3 is 9.05 Å². The van der Waals surface area contributed by atoms with Gasteiger partial charge in [0, 0.05) is 17.0 Å². The normalized spacial score (nSPS) is 16.7. The second-order valence-electron chi connectivity index (χ2n) is 11.1. The molecule has 0 radical (unpaired) electrons. The first-order valence-electron chi connectivity index (χ1n) is 15.7. The zero-order chi connectivity index (χ0) is 27.3. The van der Waals surface area contributed by atoms with E-state index in [0.717, 1.165) is 69.3 Å². The van der Waals surface area contributed by atoms with E-state index in [1.54, 1.807) is 0 Å². The molecule has 38 heavy (non-hydrogen) atoms. The standard InChI is InChI=1S/C34H53O3P/c1-7-12-13-14-15-16-21-35-38-36-33-29(19-10-4)22-27(17-8-2)24-31(33)26(6)32-25-28(18-9-3)23-30(20-11-5)34(32)37-38/h22-26H,7-21H2,1-6H3. The first-order valence-corrected chi connectivity index (χ1v) is 16.8. The summed E-state index contributed by atoms with van der Waals surface area (Å²) in [6.07, 6.45) is 16.2. The maximum Gasteiger partial charge on any atom is 0.463 e. The number of hydrogen-bond acceptors (Lipinski definition) is 3. The fourth-order valence-corrected chi connectivity index (χ4v) is 6.78. The van der Waals surface area contributed by atoms with Crippen LogP contribution in [-0.4, -0.2) is 6.61 Å². The molecule has 0 spiro atoms. The Morgan fingerprint density at radius 3 is 1.55 bits per heavy atom. The lowest BCUT2D eigenvalue weighted by molar-refractivity contribution is 0.254. The van der Waals surface area contributed by atoms with Crippen LogP contribution in [0.5, 0.6) is 11.5 Å². The molecule has 3 rings (SSSR count). The molecule has 4 heteroatoms. The summed E-state index contributed by atoms with van der Waals surface area (Å²) in [5.74, 6) is 2.23. The van der Waals surface area contributed by atoms with Gasteiger partial charge in [0.1, 0.15) is 11.5 Å². The van der Waals surface area contributed by atoms with E-state index in [1.807, 2.05) is 0 Å². The maximum absolute atomic E-state index is 6.76. The Kier molecular flexibility index (Phi) is 13.5. The Bertz CT molecular complexity index is 917. The summed E-state index contributed by atoms with van der Waals surface area (Å²) >= 11 is 0. The quantitative estimate of drug-likeness (QED) is 0.156. The third-order valence-corrected chi connectivity index (χ3v) is 8.64. The highest BCUT2D eigenvalue weighted by molar-refractivity contribution is 7.42. The van der Waals surface area contributed by atoms with Crippen molar-refractivity contribution in [3.05, 3.63) is 57.6 Å². The van der Waals surface area contributed by atoms with Gasteiger partial charge in [0.15, 0.2) is 0 Å². The number of unbranched alkanes of at least 4 members (excludes halogenated alkanes) is 5. The summed E-state index contributed by atoms with van der Waals surface area (Å²) in [6.45, 7) is 14.3. The SMILES string of the molecule is CCCCCCCCOP1Oc2c(CCC)cc(CCC)cc2C(C)c2cc(CCC)cc(CCC)c2O1. The summed E-state index contributed by atoms with van der Waals surface area (Å²) in [5, 5.41) is 0. The zero-order valence-electron chi connectivity index (χ0n) is 25.2. The lowest BCUT2D eigenvalue weighted by atomic mass is 9.85. The van der Waals surface area contributed by atoms with Crippen molar-refractivity contribution in [3.63, 3.8) is 0 Å². The van der Waals surface area contributed by atoms with Crippen LogP contribution in [0.25, 0.3) is 0 Å². The lowest BCUT2D eigenvalue weighted by Gasteiger charge is -2.30. The van der Waals surface area contributed by atoms with E-state index in [9.17, 15) is 0 Å². The molecule has 2 aromatic rings. The van der Waals surface area contributed by atoms with Crippen molar-refractivity contribution in [2.45, 2.75) is 137 Å². The van der Waals surface area contributed by atoms with Crippen LogP contribution in [0.4, 0.5) is 0 Å². The molecule has 0 atom stereocenters. The van der Waals surface area contributed by atoms with Crippen molar-refractivity contribution < 1.29 is 13.6 Å². The van der Waals surface area contributed by atoms with E-state index < -0.39 is 8.60 Å². The van der Waals surface area contributed by atoms with Gasteiger partial charge in [0.25, 0.3) is 0 Å². The highest BCUT2D eigenvalue weighted by Crippen LogP contribution is 2.53. The predicted octanol–water partition coefficient (Wildman–Crippen LogP) is 11.0. The topological polar surface area (TPSA) is 27.7 Å². The Balaban J connectivity index is 2.03. The third-order valence-electron chi connectivity index (χ3n) is 7.58. The first kappa shape index (κ1) is 31.0. The minimum Gasteiger partial charge on any atom is -0.417 e. The lowest BCUT2D eigenvalue weighted by Crippen LogP contribution is -2.14. The van der Waals surface area contributed by atoms with Gasteiger partial charge in [-0.15, -0.1) is 0 Å². The number of aryl methyl sites for hydroxylation is 4. The van der Waals surface area contributed by atoms with Crippen LogP contribution in [0.2, 0.25) is 0 Å². The highest BCUT2D eigenvalue weighted by Gasteiger charge is 2.31. The van der Waals surface area contributed by atoms with Crippen molar-refractivity contribution in [2.75, 3.05) is 6.61 Å². The molecule has 3 nitrogen and oxygen atoms in total. The van der Waals surface area contributed by atoms with Gasteiger partial charge in [-0.25, -0.2) is 0 Å². The van der Waals surface area contributed by atoms with Crippen molar-refractivity contribution in [1.29, 1.82) is 0 Å². The molecular weight excluding hydrogens is 487 g/mol. The summed E-state index contributed by atoms with van der Waals surface area (Å²) < 4.78 is 19.9. The fraction of sp³-hybridized carbons (Fsp3) is 0.647. The molecule has 0 saturated heterocycles. The summed E-state index contributed by atoms with van der Waals surface area (Å²) in [6, 6.07) is 9.56. The molecule has 0 aromatic heterocycles. The fourth-order valence-electron chi connectivity index (χ4n) is 5.61. The highest BCUT2D eigenvalue weighted by atomic mass is 31.2. The number of hydrogen-bond donors (Lipinski definition) is 0. The van der Waals surface area contributed by atoms with Gasteiger partial charge in [-0.3, -0.25) is 4.52 Å². The molecule has 1 aliphatic heterocycles. The summed E-state index contributed by atoms with van der Waals surface area (Å²) in [4.78, 5) is 0. The van der Waals surface area contributed by atoms with Crippen LogP contribution in [0.3, 0.4) is 0 Å². The van der Waals surface area contributed by atoms with Crippen LogP contribution in [-0.2, 0) is 30.2 Å². The molecule has 0 aliphatic carbocycles. The molecule has 1 aliphatic rings. The van der Waals surface area contributed by atoms with Crippen LogP contribution in [0, 0.1) is 0 Å². The second-order valence-corrected chi connectivity index (χ2v) is 12.1. The zero-order valence-corrected chi connectivity index (χ0v) is 26.1. The van der Waals surface area contributed by atoms with Crippen LogP contribution in [0.15, 0.2) is 24.3 Å². The van der Waals surface area contributed by atoms with Crippen molar-refractivity contribution in [1.82, 2.24) is 0 Å². The molecule has 2 aromatic carbocycles. The Morgan fingerprint density at radius 1 is 0.605 bits per heavy atom. The van der Waals surface area contributed by atoms with Crippen LogP contribution >= 0.6 is 8.60 Å². The number of rotatable bonds is 16. The van der Waals surface area contributed by atoms with E-state index in [-0.39, 0.29) is 5.92 Å². The molecule has 0 saturated carbocycles. The molecule has 1 heterocycles. The van der Waals surface area contributed by atoms with Gasteiger partial charge in [0.2, 0.25) is 0 Å². The van der Waals surface area contributed by atoms with Gasteiger partial charge in [-0.2, -0.15) is 0 Å². The monoisotopic (exact) mass is 540 g/mol. The van der Waals surface area contributed by atoms with Crippen LogP contribution < -0.4 is 9.05 Å². The van der Waals surface area contributed by atoms with Gasteiger partial charge in [0.05, 0.1) is 6.61 Å². The third kappa shape index (κ3) is 8.46. The van der Waals surface area contributed by atoms with Crippen molar-refractivity contribution >= 4 is 8.60 Å². The summed E-state index contributed by atoms with van der Waals surface area (Å²) in [5.41, 5.74) is 8.06. The Hall–Kier alpha value is -1.57. The van der Waals surface area contributed by atoms with Gasteiger partial charge in [-0.05, 0) is 54.4 Å². The predicted molar refractivity (Wildman–Crippen MR) is 164 cm³/mol. The van der Waals surface area contributed by atoms with Gasteiger partial charge in [-0.1, -0.05) is 124 Å². The Labute approximate surface area is 235 Å². The molecule has 0 unspecified atom stereocenters. The number of benzene rings is 2. The molecule has 0 bridgehead atoms. The molecule has 0 fully saturated rings.